The Morgan fingerprint density at radius 2 is 1.57 bits per heavy atom. The summed E-state index contributed by atoms with van der Waals surface area (Å²) in [6, 6.07) is 7.86. The lowest BCUT2D eigenvalue weighted by Gasteiger charge is -2.11. The molecule has 1 N–H and O–H groups in total. The van der Waals surface area contributed by atoms with Crippen molar-refractivity contribution in [2.24, 2.45) is 0 Å². The highest BCUT2D eigenvalue weighted by atomic mass is 32.2. The van der Waals surface area contributed by atoms with Crippen molar-refractivity contribution in [3.8, 4) is 11.1 Å². The van der Waals surface area contributed by atoms with Gasteiger partial charge in [0.05, 0.1) is 11.3 Å². The minimum absolute atomic E-state index is 0.237. The van der Waals surface area contributed by atoms with Crippen LogP contribution in [-0.2, 0) is 17.4 Å². The zero-order chi connectivity index (χ0) is 15.6. The van der Waals surface area contributed by atoms with Gasteiger partial charge < -0.3 is 9.27 Å². The van der Waals surface area contributed by atoms with Gasteiger partial charge in [-0.1, -0.05) is 18.2 Å². The predicted molar refractivity (Wildman–Crippen MR) is 69.4 cm³/mol. The van der Waals surface area contributed by atoms with E-state index in [9.17, 15) is 26.3 Å². The van der Waals surface area contributed by atoms with Crippen molar-refractivity contribution in [2.75, 3.05) is 4.72 Å². The molecule has 0 bridgehead atoms. The normalized spacial score (nSPS) is 13.0. The molecule has 0 saturated heterocycles. The number of anilines is 1. The van der Waals surface area contributed by atoms with Crippen LogP contribution in [0.3, 0.4) is 0 Å². The Kier molecular flexibility index (Phi) is 4.29. The minimum atomic E-state index is -4.43. The van der Waals surface area contributed by atoms with Gasteiger partial charge in [0, 0.05) is 11.3 Å². The summed E-state index contributed by atoms with van der Waals surface area (Å²) in [6.07, 6.45) is -4.43. The zero-order valence-electron chi connectivity index (χ0n) is 10.3. The first-order valence-electron chi connectivity index (χ1n) is 5.60. The van der Waals surface area contributed by atoms with Crippen molar-refractivity contribution in [3.05, 3.63) is 53.8 Å². The van der Waals surface area contributed by atoms with Gasteiger partial charge in [-0.15, -0.1) is 0 Å². The van der Waals surface area contributed by atoms with Gasteiger partial charge in [-0.25, -0.2) is 4.39 Å². The third kappa shape index (κ3) is 3.79. The largest absolute Gasteiger partial charge is 0.755 e. The first kappa shape index (κ1) is 15.5. The molecule has 112 valence electrons. The molecule has 8 heteroatoms. The van der Waals surface area contributed by atoms with E-state index in [1.54, 1.807) is 0 Å². The van der Waals surface area contributed by atoms with Crippen LogP contribution in [0.2, 0.25) is 0 Å². The lowest BCUT2D eigenvalue weighted by molar-refractivity contribution is -0.137. The lowest BCUT2D eigenvalue weighted by atomic mass is 10.0. The van der Waals surface area contributed by atoms with Crippen molar-refractivity contribution in [3.63, 3.8) is 0 Å². The first-order chi connectivity index (χ1) is 9.77. The van der Waals surface area contributed by atoms with Crippen LogP contribution in [0.4, 0.5) is 23.2 Å². The van der Waals surface area contributed by atoms with Gasteiger partial charge in [-0.05, 0) is 35.4 Å². The number of hydrogen-bond acceptors (Lipinski definition) is 2. The molecule has 0 aromatic heterocycles. The average Bonchev–Trinajstić information content (AvgIpc) is 2.40. The monoisotopic (exact) mass is 318 g/mol. The molecule has 0 heterocycles. The molecular weight excluding hydrogens is 310 g/mol. The van der Waals surface area contributed by atoms with Gasteiger partial charge in [0.2, 0.25) is 0 Å². The molecule has 0 aliphatic rings. The molecule has 0 fully saturated rings. The van der Waals surface area contributed by atoms with Crippen LogP contribution in [0.5, 0.6) is 0 Å². The Morgan fingerprint density at radius 3 is 2.05 bits per heavy atom. The predicted octanol–water partition coefficient (Wildman–Crippen LogP) is 3.72. The number of halogens is 4. The van der Waals surface area contributed by atoms with E-state index in [2.05, 4.69) is 0 Å². The zero-order valence-corrected chi connectivity index (χ0v) is 11.1. The molecule has 3 nitrogen and oxygen atoms in total. The molecule has 0 spiro atoms. The summed E-state index contributed by atoms with van der Waals surface area (Å²) < 4.78 is 73.7. The Hall–Kier alpha value is -1.93. The van der Waals surface area contributed by atoms with Crippen LogP contribution in [-0.4, -0.2) is 8.76 Å². The highest BCUT2D eigenvalue weighted by Crippen LogP contribution is 2.31. The molecule has 2 aromatic rings. The summed E-state index contributed by atoms with van der Waals surface area (Å²) in [6.45, 7) is 0. The minimum Gasteiger partial charge on any atom is -0.755 e. The van der Waals surface area contributed by atoms with Gasteiger partial charge in [0.15, 0.2) is 0 Å². The third-order valence-electron chi connectivity index (χ3n) is 2.71. The smallest absolute Gasteiger partial charge is 0.416 e. The number of rotatable bonds is 3. The van der Waals surface area contributed by atoms with Crippen LogP contribution in [0, 0.1) is 5.82 Å². The SMILES string of the molecule is O=S([O-])Nc1ccc(-c2ccc(C(F)(F)F)cc2)cc1F. The van der Waals surface area contributed by atoms with Crippen molar-refractivity contribution in [2.45, 2.75) is 6.18 Å². The fraction of sp³-hybridized carbons (Fsp3) is 0.0769. The van der Waals surface area contributed by atoms with E-state index in [4.69, 9.17) is 0 Å². The Labute approximate surface area is 120 Å². The molecule has 2 rings (SSSR count). The summed E-state index contributed by atoms with van der Waals surface area (Å²) >= 11 is -2.66. The van der Waals surface area contributed by atoms with Crippen LogP contribution < -0.4 is 4.72 Å². The van der Waals surface area contributed by atoms with Gasteiger partial charge in [0.1, 0.15) is 5.82 Å². The maximum Gasteiger partial charge on any atom is 0.416 e. The van der Waals surface area contributed by atoms with E-state index in [0.29, 0.717) is 11.1 Å². The Bertz CT molecular complexity index is 671. The summed E-state index contributed by atoms with van der Waals surface area (Å²) in [5, 5.41) is 0. The molecule has 0 aliphatic heterocycles. The molecule has 0 amide bonds. The second-order valence-electron chi connectivity index (χ2n) is 4.11. The first-order valence-corrected chi connectivity index (χ1v) is 6.68. The molecule has 0 saturated carbocycles. The van der Waals surface area contributed by atoms with Gasteiger partial charge in [-0.3, -0.25) is 4.21 Å². The van der Waals surface area contributed by atoms with Crippen molar-refractivity contribution < 1.29 is 26.3 Å². The molecule has 1 unspecified atom stereocenters. The number of benzene rings is 2. The van der Waals surface area contributed by atoms with Gasteiger partial charge in [-0.2, -0.15) is 13.2 Å². The van der Waals surface area contributed by atoms with Crippen LogP contribution >= 0.6 is 0 Å². The maximum absolute atomic E-state index is 13.6. The second kappa shape index (κ2) is 5.82. The van der Waals surface area contributed by atoms with E-state index in [1.807, 2.05) is 4.72 Å². The Morgan fingerprint density at radius 1 is 1.00 bits per heavy atom. The van der Waals surface area contributed by atoms with Crippen LogP contribution in [0.25, 0.3) is 11.1 Å². The van der Waals surface area contributed by atoms with Gasteiger partial charge >= 0.3 is 6.18 Å². The van der Waals surface area contributed by atoms with E-state index < -0.39 is 28.8 Å². The molecular formula is C13H8F4NO2S-. The Balaban J connectivity index is 2.30. The number of nitrogens with one attached hydrogen (secondary N) is 1. The van der Waals surface area contributed by atoms with E-state index in [0.717, 1.165) is 18.2 Å². The average molecular weight is 318 g/mol. The maximum atomic E-state index is 13.6. The van der Waals surface area contributed by atoms with E-state index in [1.165, 1.54) is 24.3 Å². The summed E-state index contributed by atoms with van der Waals surface area (Å²) in [5.41, 5.74) is -0.314. The van der Waals surface area contributed by atoms with Gasteiger partial charge in [0.25, 0.3) is 0 Å². The van der Waals surface area contributed by atoms with E-state index >= 15 is 0 Å². The molecule has 21 heavy (non-hydrogen) atoms. The molecule has 0 radical (unpaired) electrons. The van der Waals surface area contributed by atoms with Crippen molar-refractivity contribution in [1.82, 2.24) is 0 Å². The quantitative estimate of drug-likeness (QED) is 0.693. The third-order valence-corrected chi connectivity index (χ3v) is 3.09. The highest BCUT2D eigenvalue weighted by molar-refractivity contribution is 7.80. The topological polar surface area (TPSA) is 52.2 Å². The number of alkyl halides is 3. The second-order valence-corrected chi connectivity index (χ2v) is 4.78. The van der Waals surface area contributed by atoms with Crippen LogP contribution in [0.15, 0.2) is 42.5 Å². The molecule has 0 aliphatic carbocycles. The van der Waals surface area contributed by atoms with Crippen LogP contribution in [0.1, 0.15) is 5.56 Å². The lowest BCUT2D eigenvalue weighted by Crippen LogP contribution is -2.04. The fourth-order valence-corrected chi connectivity index (χ4v) is 2.06. The summed E-state index contributed by atoms with van der Waals surface area (Å²) in [7, 11) is 0. The van der Waals surface area contributed by atoms with Crippen molar-refractivity contribution in [1.29, 1.82) is 0 Å². The molecule has 1 atom stereocenters. The highest BCUT2D eigenvalue weighted by Gasteiger charge is 2.29. The summed E-state index contributed by atoms with van der Waals surface area (Å²) in [4.78, 5) is 0. The standard InChI is InChI=1S/C13H9F4NO2S/c14-11-7-9(3-6-12(11)18-21(19)20)8-1-4-10(5-2-8)13(15,16)17/h1-7,18H,(H,19,20)/p-1. The van der Waals surface area contributed by atoms with E-state index in [-0.39, 0.29) is 5.69 Å². The molecule has 2 aromatic carbocycles. The summed E-state index contributed by atoms with van der Waals surface area (Å²) in [5.74, 6) is -0.823. The fourth-order valence-electron chi connectivity index (χ4n) is 1.72. The van der Waals surface area contributed by atoms with Crippen molar-refractivity contribution >= 4 is 17.0 Å². The number of hydrogen-bond donors (Lipinski definition) is 1.